The lowest BCUT2D eigenvalue weighted by Gasteiger charge is -2.24. The zero-order chi connectivity index (χ0) is 21.5. The summed E-state index contributed by atoms with van der Waals surface area (Å²) in [7, 11) is 0. The number of carbonyl (C=O) groups is 1. The first-order valence-corrected chi connectivity index (χ1v) is 11.2. The Labute approximate surface area is 186 Å². The van der Waals surface area contributed by atoms with E-state index in [1.165, 1.54) is 11.3 Å². The summed E-state index contributed by atoms with van der Waals surface area (Å²) < 4.78 is 0. The van der Waals surface area contributed by atoms with E-state index in [0.717, 1.165) is 49.0 Å². The largest absolute Gasteiger partial charge is 0.354 e. The number of nitrogens with one attached hydrogen (secondary N) is 1. The van der Waals surface area contributed by atoms with Crippen LogP contribution in [0.25, 0.3) is 0 Å². The van der Waals surface area contributed by atoms with Gasteiger partial charge in [-0.05, 0) is 24.1 Å². The van der Waals surface area contributed by atoms with Crippen LogP contribution >= 0.6 is 11.3 Å². The van der Waals surface area contributed by atoms with Gasteiger partial charge in [0.05, 0.1) is 12.1 Å². The second-order valence-corrected chi connectivity index (χ2v) is 8.31. The Morgan fingerprint density at radius 2 is 1.97 bits per heavy atom. The lowest BCUT2D eigenvalue weighted by Crippen LogP contribution is -2.40. The minimum atomic E-state index is -0.246. The van der Waals surface area contributed by atoms with Gasteiger partial charge in [-0.2, -0.15) is 5.26 Å². The van der Waals surface area contributed by atoms with Gasteiger partial charge in [-0.3, -0.25) is 9.69 Å². The molecule has 3 heterocycles. The van der Waals surface area contributed by atoms with E-state index >= 15 is 0 Å². The van der Waals surface area contributed by atoms with Crippen molar-refractivity contribution in [3.63, 3.8) is 0 Å². The van der Waals surface area contributed by atoms with Gasteiger partial charge < -0.3 is 10.2 Å². The highest BCUT2D eigenvalue weighted by atomic mass is 32.1. The first kappa shape index (κ1) is 21.0. The predicted octanol–water partition coefficient (Wildman–Crippen LogP) is 2.83. The highest BCUT2D eigenvalue weighted by Crippen LogP contribution is 2.24. The molecule has 1 aliphatic heterocycles. The molecule has 0 aliphatic carbocycles. The van der Waals surface area contributed by atoms with E-state index in [-0.39, 0.29) is 11.9 Å². The molecule has 1 saturated heterocycles. The minimum absolute atomic E-state index is 0.0203. The molecule has 0 spiro atoms. The molecule has 1 aromatic carbocycles. The van der Waals surface area contributed by atoms with E-state index in [9.17, 15) is 10.1 Å². The van der Waals surface area contributed by atoms with Crippen LogP contribution in [0.3, 0.4) is 0 Å². The summed E-state index contributed by atoms with van der Waals surface area (Å²) in [6.07, 6.45) is 4.39. The van der Waals surface area contributed by atoms with Crippen molar-refractivity contribution in [2.24, 2.45) is 0 Å². The number of amides is 1. The van der Waals surface area contributed by atoms with Crippen LogP contribution < -0.4 is 10.2 Å². The van der Waals surface area contributed by atoms with Crippen LogP contribution in [0.15, 0.2) is 60.2 Å². The summed E-state index contributed by atoms with van der Waals surface area (Å²) >= 11 is 1.54. The van der Waals surface area contributed by atoms with Crippen molar-refractivity contribution in [1.29, 1.82) is 5.26 Å². The van der Waals surface area contributed by atoms with Crippen molar-refractivity contribution in [3.8, 4) is 6.07 Å². The summed E-state index contributed by atoms with van der Waals surface area (Å²) in [5.74, 6) is 0.706. The molecule has 1 N–H and O–H groups in total. The van der Waals surface area contributed by atoms with Crippen molar-refractivity contribution in [2.75, 3.05) is 37.6 Å². The second-order valence-electron chi connectivity index (χ2n) is 7.38. The fourth-order valence-electron chi connectivity index (χ4n) is 3.80. The molecule has 1 atom stereocenters. The van der Waals surface area contributed by atoms with E-state index in [1.807, 2.05) is 35.7 Å². The molecule has 1 aliphatic rings. The number of nitriles is 1. The van der Waals surface area contributed by atoms with Gasteiger partial charge in [0, 0.05) is 44.0 Å². The van der Waals surface area contributed by atoms with E-state index in [4.69, 9.17) is 0 Å². The number of rotatable bonds is 6. The number of anilines is 1. The summed E-state index contributed by atoms with van der Waals surface area (Å²) in [5, 5.41) is 15.3. The maximum absolute atomic E-state index is 12.9. The summed E-state index contributed by atoms with van der Waals surface area (Å²) in [6.45, 7) is 3.44. The van der Waals surface area contributed by atoms with Crippen LogP contribution in [0.2, 0.25) is 0 Å². The average Bonchev–Trinajstić information content (AvgIpc) is 3.25. The predicted molar refractivity (Wildman–Crippen MR) is 121 cm³/mol. The molecular weight excluding hydrogens is 408 g/mol. The molecule has 1 amide bonds. The van der Waals surface area contributed by atoms with Crippen molar-refractivity contribution < 1.29 is 4.79 Å². The van der Waals surface area contributed by atoms with Gasteiger partial charge in [0.15, 0.2) is 0 Å². The van der Waals surface area contributed by atoms with Gasteiger partial charge in [-0.1, -0.05) is 30.3 Å². The molecular formula is C23H24N6OS. The Kier molecular flexibility index (Phi) is 6.87. The van der Waals surface area contributed by atoms with Crippen LogP contribution in [0.1, 0.15) is 28.6 Å². The van der Waals surface area contributed by atoms with E-state index in [0.29, 0.717) is 12.1 Å². The van der Waals surface area contributed by atoms with E-state index < -0.39 is 0 Å². The molecule has 3 aromatic rings. The van der Waals surface area contributed by atoms with Crippen LogP contribution in [0.5, 0.6) is 0 Å². The van der Waals surface area contributed by atoms with E-state index in [2.05, 4.69) is 31.2 Å². The number of benzene rings is 1. The van der Waals surface area contributed by atoms with Crippen molar-refractivity contribution in [1.82, 2.24) is 20.2 Å². The van der Waals surface area contributed by atoms with Crippen molar-refractivity contribution in [3.05, 3.63) is 76.4 Å². The number of hydrogen-bond donors (Lipinski definition) is 1. The highest BCUT2D eigenvalue weighted by molar-refractivity contribution is 7.09. The van der Waals surface area contributed by atoms with Gasteiger partial charge in [-0.25, -0.2) is 9.97 Å². The Morgan fingerprint density at radius 3 is 2.74 bits per heavy atom. The van der Waals surface area contributed by atoms with Gasteiger partial charge in [0.2, 0.25) is 5.91 Å². The zero-order valence-electron chi connectivity index (χ0n) is 17.1. The third kappa shape index (κ3) is 5.26. The van der Waals surface area contributed by atoms with Crippen LogP contribution in [-0.2, 0) is 4.79 Å². The average molecular weight is 433 g/mol. The number of aromatic nitrogens is 2. The fourth-order valence-corrected chi connectivity index (χ4v) is 4.51. The molecule has 0 bridgehead atoms. The molecule has 1 unspecified atom stereocenters. The molecule has 1 fully saturated rings. The Balaban J connectivity index is 1.39. The lowest BCUT2D eigenvalue weighted by molar-refractivity contribution is -0.122. The molecule has 2 aromatic heterocycles. The molecule has 0 radical (unpaired) electrons. The molecule has 4 rings (SSSR count). The third-order valence-corrected chi connectivity index (χ3v) is 6.14. The minimum Gasteiger partial charge on any atom is -0.354 e. The maximum atomic E-state index is 12.9. The Morgan fingerprint density at radius 1 is 1.10 bits per heavy atom. The maximum Gasteiger partial charge on any atom is 0.235 e. The normalized spacial score (nSPS) is 15.6. The number of thiazole rings is 1. The van der Waals surface area contributed by atoms with Gasteiger partial charge >= 0.3 is 0 Å². The van der Waals surface area contributed by atoms with Crippen LogP contribution in [-0.4, -0.2) is 53.5 Å². The fraction of sp³-hybridized carbons (Fsp3) is 0.304. The number of nitrogens with zero attached hydrogens (tertiary/aromatic N) is 5. The Bertz CT molecular complexity index is 1030. The summed E-state index contributed by atoms with van der Waals surface area (Å²) in [5.41, 5.74) is 1.61. The number of carbonyl (C=O) groups excluding carboxylic acids is 1. The second kappa shape index (κ2) is 10.2. The molecule has 0 saturated carbocycles. The SMILES string of the molecule is N#Cc1cccnc1N1CCCN(CC(=O)NC(c2ccccc2)c2nccs2)CC1. The smallest absolute Gasteiger partial charge is 0.235 e. The quantitative estimate of drug-likeness (QED) is 0.645. The number of hydrogen-bond acceptors (Lipinski definition) is 7. The number of pyridine rings is 1. The first-order valence-electron chi connectivity index (χ1n) is 10.3. The monoisotopic (exact) mass is 432 g/mol. The van der Waals surface area contributed by atoms with Crippen LogP contribution in [0.4, 0.5) is 5.82 Å². The van der Waals surface area contributed by atoms with E-state index in [1.54, 1.807) is 24.5 Å². The van der Waals surface area contributed by atoms with Crippen molar-refractivity contribution in [2.45, 2.75) is 12.5 Å². The van der Waals surface area contributed by atoms with Crippen LogP contribution in [0, 0.1) is 11.3 Å². The molecule has 8 heteroatoms. The third-order valence-electron chi connectivity index (χ3n) is 5.30. The summed E-state index contributed by atoms with van der Waals surface area (Å²) in [6, 6.07) is 15.5. The zero-order valence-corrected chi connectivity index (χ0v) is 18.0. The summed E-state index contributed by atoms with van der Waals surface area (Å²) in [4.78, 5) is 26.0. The molecule has 158 valence electrons. The molecule has 7 nitrogen and oxygen atoms in total. The standard InChI is InChI=1S/C23H24N6OS/c24-16-19-8-4-9-25-22(19)29-12-5-11-28(13-14-29)17-20(30)27-21(23-26-10-15-31-23)18-6-2-1-3-7-18/h1-4,6-10,15,21H,5,11-14,17H2,(H,27,30). The first-order chi connectivity index (χ1) is 15.2. The van der Waals surface area contributed by atoms with Gasteiger partial charge in [0.25, 0.3) is 0 Å². The van der Waals surface area contributed by atoms with Gasteiger partial charge in [-0.15, -0.1) is 11.3 Å². The highest BCUT2D eigenvalue weighted by Gasteiger charge is 2.23. The van der Waals surface area contributed by atoms with Gasteiger partial charge in [0.1, 0.15) is 22.9 Å². The lowest BCUT2D eigenvalue weighted by atomic mass is 10.1. The van der Waals surface area contributed by atoms with Crippen molar-refractivity contribution >= 4 is 23.1 Å². The Hall–Kier alpha value is -3.28. The topological polar surface area (TPSA) is 85.2 Å². The molecule has 31 heavy (non-hydrogen) atoms.